The van der Waals surface area contributed by atoms with Crippen LogP contribution in [0.3, 0.4) is 0 Å². The maximum absolute atomic E-state index is 13.3. The Kier molecular flexibility index (Phi) is 9.99. The largest absolute Gasteiger partial charge is 0.361 e. The number of nitrogens with zero attached hydrogens (tertiary/aromatic N) is 3. The van der Waals surface area contributed by atoms with Gasteiger partial charge in [-0.1, -0.05) is 121 Å². The van der Waals surface area contributed by atoms with E-state index >= 15 is 0 Å². The Morgan fingerprint density at radius 1 is 0.875 bits per heavy atom. The fourth-order valence-electron chi connectivity index (χ4n) is 6.82. The zero-order valence-corrected chi connectivity index (χ0v) is 28.4. The number of hydrogen-bond acceptors (Lipinski definition) is 5. The van der Waals surface area contributed by atoms with Gasteiger partial charge < -0.3 is 9.63 Å². The third kappa shape index (κ3) is 6.76. The van der Waals surface area contributed by atoms with Crippen molar-refractivity contribution in [2.45, 2.75) is 37.8 Å². The van der Waals surface area contributed by atoms with Gasteiger partial charge in [0.05, 0.1) is 11.6 Å². The zero-order valence-electron chi connectivity index (χ0n) is 26.7. The van der Waals surface area contributed by atoms with Crippen LogP contribution in [0.25, 0.3) is 0 Å². The summed E-state index contributed by atoms with van der Waals surface area (Å²) < 4.78 is 22.7. The molecule has 248 valence electrons. The number of benzene rings is 4. The quantitative estimate of drug-likeness (QED) is 0.129. The molecule has 2 heterocycles. The van der Waals surface area contributed by atoms with Gasteiger partial charge in [-0.3, -0.25) is 23.8 Å². The van der Waals surface area contributed by atoms with E-state index < -0.39 is 42.0 Å². The molecular weight excluding hydrogens is 647 g/mol. The number of rotatable bonds is 10. The number of nitrogens with one attached hydrogen (secondary N) is 1. The van der Waals surface area contributed by atoms with Crippen molar-refractivity contribution >= 4 is 18.1 Å². The molecule has 2 N–H and O–H groups in total. The van der Waals surface area contributed by atoms with E-state index in [2.05, 4.69) is 46.3 Å². The minimum absolute atomic E-state index is 0.0220. The van der Waals surface area contributed by atoms with Gasteiger partial charge in [0.2, 0.25) is 0 Å². The lowest BCUT2D eigenvalue weighted by molar-refractivity contribution is -0.142. The summed E-state index contributed by atoms with van der Waals surface area (Å²) in [6.07, 6.45) is -0.0711. The van der Waals surface area contributed by atoms with Crippen LogP contribution in [0.4, 0.5) is 0 Å². The highest BCUT2D eigenvalue weighted by molar-refractivity contribution is 7.82. The number of aryl methyl sites for hydroxylation is 1. The van der Waals surface area contributed by atoms with Gasteiger partial charge in [0.25, 0.3) is 5.56 Å². The van der Waals surface area contributed by atoms with E-state index in [0.29, 0.717) is 12.1 Å². The molecule has 5 aromatic rings. The molecule has 0 spiro atoms. The smallest absolute Gasteiger partial charge is 0.351 e. The van der Waals surface area contributed by atoms with Crippen molar-refractivity contribution in [3.05, 3.63) is 176 Å². The van der Waals surface area contributed by atoms with Crippen LogP contribution < -0.4 is 11.2 Å². The van der Waals surface area contributed by atoms with Gasteiger partial charge in [0.1, 0.15) is 0 Å². The van der Waals surface area contributed by atoms with Crippen molar-refractivity contribution in [2.75, 3.05) is 19.6 Å². The van der Waals surface area contributed by atoms with Gasteiger partial charge in [-0.05, 0) is 47.3 Å². The summed E-state index contributed by atoms with van der Waals surface area (Å²) in [5.41, 5.74) is 2.19. The molecule has 0 aliphatic carbocycles. The van der Waals surface area contributed by atoms with Crippen molar-refractivity contribution in [1.29, 1.82) is 0 Å². The van der Waals surface area contributed by atoms with E-state index in [4.69, 9.17) is 16.0 Å². The lowest BCUT2D eigenvalue weighted by atomic mass is 9.75. The van der Waals surface area contributed by atoms with E-state index in [1.807, 2.05) is 91.9 Å². The summed E-state index contributed by atoms with van der Waals surface area (Å²) >= 11 is 6.27. The number of aromatic amines is 1. The van der Waals surface area contributed by atoms with Crippen molar-refractivity contribution in [1.82, 2.24) is 19.1 Å². The Morgan fingerprint density at radius 3 is 1.83 bits per heavy atom. The molecule has 4 atom stereocenters. The van der Waals surface area contributed by atoms with E-state index in [9.17, 15) is 19.0 Å². The van der Waals surface area contributed by atoms with Gasteiger partial charge >= 0.3 is 12.6 Å². The summed E-state index contributed by atoms with van der Waals surface area (Å²) in [6, 6.07) is 39.3. The fraction of sp³-hybridized carbons (Fsp3) is 0.243. The first kappa shape index (κ1) is 33.8. The second-order valence-corrected chi connectivity index (χ2v) is 14.9. The number of H-pyrrole nitrogens is 1. The molecule has 1 fully saturated rings. The van der Waals surface area contributed by atoms with Gasteiger partial charge in [0, 0.05) is 37.4 Å². The van der Waals surface area contributed by atoms with Crippen LogP contribution in [0.5, 0.6) is 0 Å². The fourth-order valence-corrected chi connectivity index (χ4v) is 8.34. The van der Waals surface area contributed by atoms with Crippen LogP contribution in [0.1, 0.15) is 47.0 Å². The molecule has 0 saturated carbocycles. The van der Waals surface area contributed by atoms with E-state index in [-0.39, 0.29) is 13.1 Å². The van der Waals surface area contributed by atoms with Crippen molar-refractivity contribution in [3.63, 3.8) is 0 Å². The second-order valence-electron chi connectivity index (χ2n) is 12.1. The Labute approximate surface area is 284 Å². The lowest BCUT2D eigenvalue weighted by Gasteiger charge is -2.51. The second kappa shape index (κ2) is 14.2. The molecule has 4 aromatic carbocycles. The standard InChI is InChI=1S/C37H38ClN4O5P/c1-27-23-41(36(44)39-35(27)43)34-26-40(24-33(47-34)25-42(48(38,45)46)28(2)29-15-7-3-8-16-29)37(30-17-9-4-10-18-30,31-19-11-5-12-20-31)32-21-13-6-14-22-32/h3-23,28,33-34H,24-26H2,1-2H3,(H,45,46)(H,39,43,44)/t28-,33-,34+/m0/s1. The highest BCUT2D eigenvalue weighted by Gasteiger charge is 2.47. The third-order valence-corrected chi connectivity index (χ3v) is 10.8. The van der Waals surface area contributed by atoms with Gasteiger partial charge in [0.15, 0.2) is 6.23 Å². The molecule has 9 nitrogen and oxygen atoms in total. The number of hydrogen-bond donors (Lipinski definition) is 2. The summed E-state index contributed by atoms with van der Waals surface area (Å²) in [4.78, 5) is 41.3. The normalized spacial score (nSPS) is 19.1. The average Bonchev–Trinajstić information content (AvgIpc) is 3.10. The van der Waals surface area contributed by atoms with Gasteiger partial charge in [-0.15, -0.1) is 0 Å². The Balaban J connectivity index is 1.54. The first-order chi connectivity index (χ1) is 23.1. The summed E-state index contributed by atoms with van der Waals surface area (Å²) in [6.45, 7) is -0.333. The number of morpholine rings is 1. The average molecular weight is 685 g/mol. The first-order valence-electron chi connectivity index (χ1n) is 15.8. The van der Waals surface area contributed by atoms with Crippen LogP contribution in [-0.2, 0) is 14.8 Å². The Bertz CT molecular complexity index is 1890. The van der Waals surface area contributed by atoms with Crippen LogP contribution in [-0.4, -0.2) is 49.8 Å². The Hall–Kier alpha value is -4.08. The minimum atomic E-state index is -4.32. The van der Waals surface area contributed by atoms with E-state index in [0.717, 1.165) is 22.3 Å². The molecule has 48 heavy (non-hydrogen) atoms. The summed E-state index contributed by atoms with van der Waals surface area (Å²) in [7, 11) is 0. The molecule has 1 aliphatic heterocycles. The monoisotopic (exact) mass is 684 g/mol. The van der Waals surface area contributed by atoms with E-state index in [1.165, 1.54) is 15.4 Å². The summed E-state index contributed by atoms with van der Waals surface area (Å²) in [5.74, 6) is 0. The topological polar surface area (TPSA) is 108 Å². The molecule has 0 radical (unpaired) electrons. The molecule has 1 unspecified atom stereocenters. The van der Waals surface area contributed by atoms with E-state index in [1.54, 1.807) is 6.92 Å². The van der Waals surface area contributed by atoms with Gasteiger partial charge in [-0.25, -0.2) is 9.46 Å². The molecule has 0 amide bonds. The third-order valence-electron chi connectivity index (χ3n) is 9.09. The predicted molar refractivity (Wildman–Crippen MR) is 188 cm³/mol. The van der Waals surface area contributed by atoms with Crippen LogP contribution in [0.15, 0.2) is 137 Å². The number of ether oxygens (including phenoxy) is 1. The maximum Gasteiger partial charge on any atom is 0.361 e. The molecule has 11 heteroatoms. The molecule has 1 aromatic heterocycles. The van der Waals surface area contributed by atoms with Crippen LogP contribution in [0.2, 0.25) is 0 Å². The van der Waals surface area contributed by atoms with Crippen LogP contribution >= 0.6 is 18.1 Å². The van der Waals surface area contributed by atoms with Crippen molar-refractivity contribution in [3.8, 4) is 0 Å². The molecule has 0 bridgehead atoms. The molecule has 1 saturated heterocycles. The SMILES string of the molecule is Cc1cn([C@H]2CN(C(c3ccccc3)(c3ccccc3)c3ccccc3)C[C@@H](CN([C@@H](C)c3ccccc3)P(=O)(O)Cl)O2)c(=O)[nH]c1=O. The molecule has 1 aliphatic rings. The minimum Gasteiger partial charge on any atom is -0.351 e. The number of aromatic nitrogens is 2. The number of halogens is 1. The molecule has 6 rings (SSSR count). The molecular formula is C37H38ClN4O5P. The highest BCUT2D eigenvalue weighted by Crippen LogP contribution is 2.55. The maximum atomic E-state index is 13.3. The zero-order chi connectivity index (χ0) is 33.9. The first-order valence-corrected chi connectivity index (χ1v) is 18.3. The lowest BCUT2D eigenvalue weighted by Crippen LogP contribution is -2.59. The highest BCUT2D eigenvalue weighted by atomic mass is 35.7. The predicted octanol–water partition coefficient (Wildman–Crippen LogP) is 6.44. The van der Waals surface area contributed by atoms with Gasteiger partial charge in [-0.2, -0.15) is 0 Å². The summed E-state index contributed by atoms with van der Waals surface area (Å²) in [5, 5.41) is 0. The van der Waals surface area contributed by atoms with Crippen LogP contribution in [0, 0.1) is 6.92 Å². The van der Waals surface area contributed by atoms with Crippen molar-refractivity contribution < 1.29 is 14.2 Å². The Morgan fingerprint density at radius 2 is 1.35 bits per heavy atom. The van der Waals surface area contributed by atoms with Crippen molar-refractivity contribution in [2.24, 2.45) is 0 Å².